The summed E-state index contributed by atoms with van der Waals surface area (Å²) < 4.78 is 5.68. The minimum Gasteiger partial charge on any atom is -0.494 e. The van der Waals surface area contributed by atoms with E-state index in [9.17, 15) is 4.79 Å². The fraction of sp³-hybridized carbons (Fsp3) is 0.588. The largest absolute Gasteiger partial charge is 0.494 e. The van der Waals surface area contributed by atoms with E-state index < -0.39 is 0 Å². The first-order valence-electron chi connectivity index (χ1n) is 7.91. The highest BCUT2D eigenvalue weighted by atomic mass is 35.5. The minimum atomic E-state index is 0.245. The molecule has 0 aromatic heterocycles. The van der Waals surface area contributed by atoms with Gasteiger partial charge in [0.2, 0.25) is 5.91 Å². The van der Waals surface area contributed by atoms with Crippen LogP contribution < -0.4 is 10.1 Å². The molecule has 1 fully saturated rings. The smallest absolute Gasteiger partial charge is 0.222 e. The molecule has 1 aliphatic heterocycles. The number of nitrogens with one attached hydrogen (secondary N) is 1. The predicted octanol–water partition coefficient (Wildman–Crippen LogP) is 2.88. The molecule has 0 saturated carbocycles. The van der Waals surface area contributed by atoms with Crippen LogP contribution in [-0.2, 0) is 4.79 Å². The molecule has 1 heterocycles. The Morgan fingerprint density at radius 1 is 1.50 bits per heavy atom. The summed E-state index contributed by atoms with van der Waals surface area (Å²) in [7, 11) is 1.96. The average Bonchev–Trinajstić information content (AvgIpc) is 2.96. The molecule has 1 unspecified atom stereocenters. The normalized spacial score (nSPS) is 17.8. The molecule has 1 aliphatic rings. The lowest BCUT2D eigenvalue weighted by Crippen LogP contribution is -2.30. The van der Waals surface area contributed by atoms with Gasteiger partial charge in [0.1, 0.15) is 5.75 Å². The summed E-state index contributed by atoms with van der Waals surface area (Å²) in [5, 5.41) is 3.92. The standard InChI is InChI=1S/C17H25ClN2O2/c1-13-10-15(5-6-16(13)18)22-9-3-4-17(21)20-8-7-14(12-20)11-19-2/h5-6,10,14,19H,3-4,7-9,11-12H2,1-2H3. The van der Waals surface area contributed by atoms with E-state index >= 15 is 0 Å². The molecule has 1 aromatic rings. The third-order valence-corrected chi connectivity index (χ3v) is 4.49. The van der Waals surface area contributed by atoms with Crippen LogP contribution in [0, 0.1) is 12.8 Å². The molecular weight excluding hydrogens is 300 g/mol. The second-order valence-corrected chi connectivity index (χ2v) is 6.32. The van der Waals surface area contributed by atoms with Crippen LogP contribution in [-0.4, -0.2) is 44.1 Å². The lowest BCUT2D eigenvalue weighted by atomic mass is 10.1. The van der Waals surface area contributed by atoms with Crippen LogP contribution in [0.15, 0.2) is 18.2 Å². The Kier molecular flexibility index (Phi) is 6.52. The number of carbonyl (C=O) groups excluding carboxylic acids is 1. The molecule has 0 radical (unpaired) electrons. The second-order valence-electron chi connectivity index (χ2n) is 5.92. The molecule has 2 rings (SSSR count). The van der Waals surface area contributed by atoms with Crippen molar-refractivity contribution in [2.45, 2.75) is 26.2 Å². The van der Waals surface area contributed by atoms with Crippen molar-refractivity contribution < 1.29 is 9.53 Å². The van der Waals surface area contributed by atoms with Gasteiger partial charge in [-0.25, -0.2) is 0 Å². The molecule has 22 heavy (non-hydrogen) atoms. The molecule has 1 atom stereocenters. The van der Waals surface area contributed by atoms with E-state index in [1.807, 2.05) is 37.1 Å². The zero-order valence-corrected chi connectivity index (χ0v) is 14.2. The molecule has 1 amide bonds. The van der Waals surface area contributed by atoms with Gasteiger partial charge in [-0.05, 0) is 63.0 Å². The zero-order valence-electron chi connectivity index (χ0n) is 13.4. The minimum absolute atomic E-state index is 0.245. The van der Waals surface area contributed by atoms with Crippen molar-refractivity contribution in [1.82, 2.24) is 10.2 Å². The van der Waals surface area contributed by atoms with Crippen molar-refractivity contribution in [1.29, 1.82) is 0 Å². The Bertz CT molecular complexity index is 507. The SMILES string of the molecule is CNCC1CCN(C(=O)CCCOc2ccc(Cl)c(C)c2)C1. The maximum absolute atomic E-state index is 12.1. The first-order valence-corrected chi connectivity index (χ1v) is 8.29. The average molecular weight is 325 g/mol. The zero-order chi connectivity index (χ0) is 15.9. The van der Waals surface area contributed by atoms with Crippen molar-refractivity contribution in [2.24, 2.45) is 5.92 Å². The number of amides is 1. The van der Waals surface area contributed by atoms with Gasteiger partial charge in [0.25, 0.3) is 0 Å². The molecule has 0 aliphatic carbocycles. The first kappa shape index (κ1) is 17.1. The Morgan fingerprint density at radius 2 is 2.32 bits per heavy atom. The van der Waals surface area contributed by atoms with E-state index in [1.165, 1.54) is 0 Å². The number of aryl methyl sites for hydroxylation is 1. The molecule has 4 nitrogen and oxygen atoms in total. The van der Waals surface area contributed by atoms with Crippen LogP contribution in [0.1, 0.15) is 24.8 Å². The van der Waals surface area contributed by atoms with Gasteiger partial charge in [-0.3, -0.25) is 4.79 Å². The predicted molar refractivity (Wildman–Crippen MR) is 89.5 cm³/mol. The lowest BCUT2D eigenvalue weighted by Gasteiger charge is -2.16. The van der Waals surface area contributed by atoms with Crippen LogP contribution in [0.2, 0.25) is 5.02 Å². The highest BCUT2D eigenvalue weighted by molar-refractivity contribution is 6.31. The Labute approximate surface area is 137 Å². The molecular formula is C17H25ClN2O2. The third-order valence-electron chi connectivity index (χ3n) is 4.06. The van der Waals surface area contributed by atoms with Gasteiger partial charge >= 0.3 is 0 Å². The highest BCUT2D eigenvalue weighted by Crippen LogP contribution is 2.21. The molecule has 1 aromatic carbocycles. The number of likely N-dealkylation sites (tertiary alicyclic amines) is 1. The number of hydrogen-bond donors (Lipinski definition) is 1. The van der Waals surface area contributed by atoms with E-state index in [0.717, 1.165) is 48.8 Å². The van der Waals surface area contributed by atoms with Crippen molar-refractivity contribution in [3.8, 4) is 5.75 Å². The lowest BCUT2D eigenvalue weighted by molar-refractivity contribution is -0.130. The topological polar surface area (TPSA) is 41.6 Å². The van der Waals surface area contributed by atoms with Crippen LogP contribution in [0.3, 0.4) is 0 Å². The maximum atomic E-state index is 12.1. The number of rotatable bonds is 7. The fourth-order valence-electron chi connectivity index (χ4n) is 2.79. The fourth-order valence-corrected chi connectivity index (χ4v) is 2.91. The molecule has 0 bridgehead atoms. The Morgan fingerprint density at radius 3 is 3.05 bits per heavy atom. The number of benzene rings is 1. The number of halogens is 1. The summed E-state index contributed by atoms with van der Waals surface area (Å²) in [6.45, 7) is 5.27. The number of carbonyl (C=O) groups is 1. The van der Waals surface area contributed by atoms with E-state index in [-0.39, 0.29) is 5.91 Å². The quantitative estimate of drug-likeness (QED) is 0.784. The van der Waals surface area contributed by atoms with Crippen LogP contribution in [0.25, 0.3) is 0 Å². The van der Waals surface area contributed by atoms with E-state index in [4.69, 9.17) is 16.3 Å². The van der Waals surface area contributed by atoms with Crippen molar-refractivity contribution >= 4 is 17.5 Å². The molecule has 122 valence electrons. The van der Waals surface area contributed by atoms with Crippen molar-refractivity contribution in [3.63, 3.8) is 0 Å². The number of hydrogen-bond acceptors (Lipinski definition) is 3. The van der Waals surface area contributed by atoms with Gasteiger partial charge in [-0.15, -0.1) is 0 Å². The monoisotopic (exact) mass is 324 g/mol. The van der Waals surface area contributed by atoms with Crippen molar-refractivity contribution in [2.75, 3.05) is 33.3 Å². The molecule has 1 saturated heterocycles. The van der Waals surface area contributed by atoms with Gasteiger partial charge in [-0.1, -0.05) is 11.6 Å². The van der Waals surface area contributed by atoms with Crippen molar-refractivity contribution in [3.05, 3.63) is 28.8 Å². The molecule has 0 spiro atoms. The van der Waals surface area contributed by atoms with Gasteiger partial charge < -0.3 is 15.0 Å². The van der Waals surface area contributed by atoms with Crippen LogP contribution in [0.4, 0.5) is 0 Å². The van der Waals surface area contributed by atoms with Gasteiger partial charge in [0, 0.05) is 24.5 Å². The van der Waals surface area contributed by atoms with E-state index in [1.54, 1.807) is 0 Å². The maximum Gasteiger partial charge on any atom is 0.222 e. The van der Waals surface area contributed by atoms with Crippen LogP contribution in [0.5, 0.6) is 5.75 Å². The first-order chi connectivity index (χ1) is 10.6. The summed E-state index contributed by atoms with van der Waals surface area (Å²) in [6, 6.07) is 5.62. The van der Waals surface area contributed by atoms with Gasteiger partial charge in [0.15, 0.2) is 0 Å². The summed E-state index contributed by atoms with van der Waals surface area (Å²) in [5.74, 6) is 1.65. The number of nitrogens with zero attached hydrogens (tertiary/aromatic N) is 1. The Balaban J connectivity index is 1.66. The summed E-state index contributed by atoms with van der Waals surface area (Å²) >= 11 is 5.98. The summed E-state index contributed by atoms with van der Waals surface area (Å²) in [5.41, 5.74) is 1.00. The second kappa shape index (κ2) is 8.39. The summed E-state index contributed by atoms with van der Waals surface area (Å²) in [4.78, 5) is 14.1. The number of ether oxygens (including phenoxy) is 1. The van der Waals surface area contributed by atoms with E-state index in [2.05, 4.69) is 5.32 Å². The highest BCUT2D eigenvalue weighted by Gasteiger charge is 2.25. The van der Waals surface area contributed by atoms with Gasteiger partial charge in [0.05, 0.1) is 6.61 Å². The molecule has 1 N–H and O–H groups in total. The molecule has 5 heteroatoms. The van der Waals surface area contributed by atoms with E-state index in [0.29, 0.717) is 18.9 Å². The summed E-state index contributed by atoms with van der Waals surface area (Å²) in [6.07, 6.45) is 2.40. The van der Waals surface area contributed by atoms with Gasteiger partial charge in [-0.2, -0.15) is 0 Å². The Hall–Kier alpha value is -1.26. The third kappa shape index (κ3) is 4.89. The van der Waals surface area contributed by atoms with Crippen LogP contribution >= 0.6 is 11.6 Å².